The van der Waals surface area contributed by atoms with E-state index >= 15 is 0 Å². The summed E-state index contributed by atoms with van der Waals surface area (Å²) < 4.78 is 0. The van der Waals surface area contributed by atoms with Gasteiger partial charge in [-0.2, -0.15) is 0 Å². The lowest BCUT2D eigenvalue weighted by Gasteiger charge is -2.69. The first kappa shape index (κ1) is 28.3. The summed E-state index contributed by atoms with van der Waals surface area (Å²) in [6, 6.07) is 0. The summed E-state index contributed by atoms with van der Waals surface area (Å²) in [5.41, 5.74) is -2.71. The van der Waals surface area contributed by atoms with Crippen LogP contribution in [0.3, 0.4) is 0 Å². The van der Waals surface area contributed by atoms with Crippen molar-refractivity contribution in [2.75, 3.05) is 0 Å². The van der Waals surface area contributed by atoms with Crippen molar-refractivity contribution in [2.24, 2.45) is 58.2 Å². The Morgan fingerprint density at radius 3 is 2.16 bits per heavy atom. The van der Waals surface area contributed by atoms with Gasteiger partial charge >= 0.3 is 0 Å². The second-order valence-corrected chi connectivity index (χ2v) is 15.5. The predicted molar refractivity (Wildman–Crippen MR) is 146 cm³/mol. The van der Waals surface area contributed by atoms with Gasteiger partial charge in [0.15, 0.2) is 0 Å². The number of hydrogen-bond donors (Lipinski definition) is 5. The van der Waals surface area contributed by atoms with Gasteiger partial charge in [-0.05, 0) is 80.0 Å². The molecule has 0 bridgehead atoms. The van der Waals surface area contributed by atoms with E-state index < -0.39 is 47.3 Å². The van der Waals surface area contributed by atoms with Crippen LogP contribution in [0, 0.1) is 58.2 Å². The molecule has 0 heterocycles. The predicted octanol–water partition coefficient (Wildman–Crippen LogP) is 4.91. The molecular formula is C32H56O5. The fourth-order valence-corrected chi connectivity index (χ4v) is 11.5. The largest absolute Gasteiger partial charge is 0.393 e. The molecule has 5 nitrogen and oxygen atoms in total. The molecule has 0 aromatic heterocycles. The molecule has 5 N–H and O–H groups in total. The molecule has 14 unspecified atom stereocenters. The minimum atomic E-state index is -1.74. The number of aliphatic hydroxyl groups is 5. The Balaban J connectivity index is 1.44. The van der Waals surface area contributed by atoms with Crippen molar-refractivity contribution >= 4 is 0 Å². The van der Waals surface area contributed by atoms with Gasteiger partial charge < -0.3 is 25.5 Å². The number of hydrogen-bond acceptors (Lipinski definition) is 5. The van der Waals surface area contributed by atoms with E-state index in [0.717, 1.165) is 18.8 Å². The van der Waals surface area contributed by atoms with E-state index in [1.165, 1.54) is 51.4 Å². The van der Waals surface area contributed by atoms with Crippen molar-refractivity contribution in [2.45, 2.75) is 142 Å². The molecule has 5 aliphatic carbocycles. The lowest BCUT2D eigenvalue weighted by Crippen LogP contribution is -2.77. The molecule has 0 saturated heterocycles. The van der Waals surface area contributed by atoms with E-state index in [0.29, 0.717) is 30.6 Å². The molecule has 5 heteroatoms. The van der Waals surface area contributed by atoms with E-state index in [4.69, 9.17) is 0 Å². The molecule has 14 atom stereocenters. The highest BCUT2D eigenvalue weighted by molar-refractivity contribution is 5.22. The Hall–Kier alpha value is -0.200. The molecule has 0 spiro atoms. The van der Waals surface area contributed by atoms with Crippen LogP contribution in [0.25, 0.3) is 0 Å². The van der Waals surface area contributed by atoms with E-state index in [9.17, 15) is 25.5 Å². The highest BCUT2D eigenvalue weighted by Gasteiger charge is 2.72. The highest BCUT2D eigenvalue weighted by Crippen LogP contribution is 2.68. The normalized spacial score (nSPS) is 55.6. The van der Waals surface area contributed by atoms with Gasteiger partial charge in [0.25, 0.3) is 0 Å². The average molecular weight is 521 g/mol. The van der Waals surface area contributed by atoms with Gasteiger partial charge in [0.05, 0.1) is 24.4 Å². The van der Waals surface area contributed by atoms with Crippen LogP contribution in [0.4, 0.5) is 0 Å². The maximum atomic E-state index is 12.2. The molecule has 5 saturated carbocycles. The summed E-state index contributed by atoms with van der Waals surface area (Å²) in [4.78, 5) is 0. The van der Waals surface area contributed by atoms with E-state index in [2.05, 4.69) is 20.8 Å². The van der Waals surface area contributed by atoms with Crippen LogP contribution in [0.2, 0.25) is 0 Å². The van der Waals surface area contributed by atoms with Crippen LogP contribution < -0.4 is 0 Å². The molecule has 37 heavy (non-hydrogen) atoms. The Kier molecular flexibility index (Phi) is 7.67. The van der Waals surface area contributed by atoms with Gasteiger partial charge in [-0.25, -0.2) is 0 Å². The monoisotopic (exact) mass is 520 g/mol. The third kappa shape index (κ3) is 4.36. The van der Waals surface area contributed by atoms with Crippen LogP contribution in [0.15, 0.2) is 0 Å². The van der Waals surface area contributed by atoms with Crippen molar-refractivity contribution in [1.82, 2.24) is 0 Å². The van der Waals surface area contributed by atoms with Crippen LogP contribution in [0.1, 0.15) is 112 Å². The van der Waals surface area contributed by atoms with E-state index in [1.807, 2.05) is 6.92 Å². The van der Waals surface area contributed by atoms with Crippen molar-refractivity contribution in [3.05, 3.63) is 0 Å². The number of aliphatic hydroxyl groups excluding tert-OH is 4. The molecule has 0 aromatic rings. The fourth-order valence-electron chi connectivity index (χ4n) is 11.5. The van der Waals surface area contributed by atoms with Crippen molar-refractivity contribution in [3.63, 3.8) is 0 Å². The van der Waals surface area contributed by atoms with Gasteiger partial charge in [0.2, 0.25) is 0 Å². The molecule has 0 aliphatic heterocycles. The first-order valence-corrected chi connectivity index (χ1v) is 15.8. The van der Waals surface area contributed by atoms with Crippen LogP contribution in [-0.4, -0.2) is 55.5 Å². The van der Waals surface area contributed by atoms with Crippen molar-refractivity contribution in [1.29, 1.82) is 0 Å². The lowest BCUT2D eigenvalue weighted by molar-refractivity contribution is -0.331. The molecule has 0 aromatic carbocycles. The summed E-state index contributed by atoms with van der Waals surface area (Å²) in [5.74, 6) is 1.57. The fraction of sp³-hybridized carbons (Fsp3) is 1.00. The molecule has 214 valence electrons. The zero-order valence-corrected chi connectivity index (χ0v) is 24.1. The summed E-state index contributed by atoms with van der Waals surface area (Å²) in [6.45, 7) is 10.3. The van der Waals surface area contributed by atoms with Gasteiger partial charge in [-0.1, -0.05) is 72.6 Å². The first-order valence-electron chi connectivity index (χ1n) is 15.8. The average Bonchev–Trinajstić information content (AvgIpc) is 2.81. The van der Waals surface area contributed by atoms with Crippen molar-refractivity contribution in [3.8, 4) is 0 Å². The van der Waals surface area contributed by atoms with Gasteiger partial charge in [0.1, 0.15) is 5.60 Å². The molecule has 0 amide bonds. The zero-order chi connectivity index (χ0) is 26.9. The Labute approximate surface area is 225 Å². The van der Waals surface area contributed by atoms with Gasteiger partial charge in [0, 0.05) is 17.3 Å². The number of fused-ring (bicyclic) bond motifs is 3. The molecule has 0 radical (unpaired) electrons. The molecule has 5 fully saturated rings. The third-order valence-corrected chi connectivity index (χ3v) is 13.0. The molecular weight excluding hydrogens is 464 g/mol. The topological polar surface area (TPSA) is 101 Å². The first-order chi connectivity index (χ1) is 17.3. The second-order valence-electron chi connectivity index (χ2n) is 15.5. The van der Waals surface area contributed by atoms with Crippen molar-refractivity contribution < 1.29 is 25.5 Å². The second kappa shape index (κ2) is 10.0. The quantitative estimate of drug-likeness (QED) is 0.363. The smallest absolute Gasteiger partial charge is 0.122 e. The zero-order valence-electron chi connectivity index (χ0n) is 24.1. The van der Waals surface area contributed by atoms with Gasteiger partial charge in [-0.3, -0.25) is 0 Å². The minimum absolute atomic E-state index is 0.0341. The maximum Gasteiger partial charge on any atom is 0.122 e. The summed E-state index contributed by atoms with van der Waals surface area (Å²) in [5, 5.41) is 58.3. The Bertz CT molecular complexity index is 811. The van der Waals surface area contributed by atoms with Crippen LogP contribution >= 0.6 is 0 Å². The highest BCUT2D eigenvalue weighted by atomic mass is 16.4. The lowest BCUT2D eigenvalue weighted by atomic mass is 9.38. The summed E-state index contributed by atoms with van der Waals surface area (Å²) in [7, 11) is 0. The SMILES string of the molecule is CC(O)C1C(C)CC2(C)CC3(C)CC4C(CCC5CCCCC5)CCC(C)C4C(O)C3C(O)C2(O)C1O. The minimum Gasteiger partial charge on any atom is -0.393 e. The van der Waals surface area contributed by atoms with Crippen LogP contribution in [0.5, 0.6) is 0 Å². The Morgan fingerprint density at radius 2 is 1.51 bits per heavy atom. The third-order valence-electron chi connectivity index (χ3n) is 13.0. The van der Waals surface area contributed by atoms with E-state index in [1.54, 1.807) is 6.92 Å². The van der Waals surface area contributed by atoms with Gasteiger partial charge in [-0.15, -0.1) is 0 Å². The Morgan fingerprint density at radius 1 is 0.838 bits per heavy atom. The van der Waals surface area contributed by atoms with E-state index in [-0.39, 0.29) is 17.3 Å². The maximum absolute atomic E-state index is 12.2. The molecule has 5 aliphatic rings. The summed E-state index contributed by atoms with van der Waals surface area (Å²) >= 11 is 0. The standard InChI is InChI=1S/C32H56O5/c1-18-11-13-22(14-12-21-9-7-6-8-10-21)23-16-30(4)17-31(5)15-19(2)24(20(3)33)28(35)32(31,37)29(36)26(30)27(34)25(18)23/h18-29,33-37H,6-17H2,1-5H3. The van der Waals surface area contributed by atoms with Crippen LogP contribution in [-0.2, 0) is 0 Å². The summed E-state index contributed by atoms with van der Waals surface area (Å²) in [6.07, 6.45) is 10.3. The molecule has 5 rings (SSSR count). The number of rotatable bonds is 4.